The molecule has 1 aromatic heterocycles. The highest BCUT2D eigenvalue weighted by Gasteiger charge is 2.29. The zero-order chi connectivity index (χ0) is 20.1. The molecule has 0 aliphatic rings. The van der Waals surface area contributed by atoms with E-state index in [2.05, 4.69) is 15.6 Å². The number of pyridine rings is 1. The van der Waals surface area contributed by atoms with Gasteiger partial charge in [-0.15, -0.1) is 0 Å². The summed E-state index contributed by atoms with van der Waals surface area (Å²) in [5.41, 5.74) is 0.544. The molecule has 3 rings (SSSR count). The van der Waals surface area contributed by atoms with Crippen LogP contribution in [0.2, 0.25) is 0 Å². The highest BCUT2D eigenvalue weighted by atomic mass is 19.4. The predicted octanol–water partition coefficient (Wildman–Crippen LogP) is 5.16. The first-order valence-electron chi connectivity index (χ1n) is 8.25. The second-order valence-corrected chi connectivity index (χ2v) is 5.95. The average molecular weight is 389 g/mol. The Balaban J connectivity index is 1.59. The van der Waals surface area contributed by atoms with E-state index < -0.39 is 23.5 Å². The molecule has 28 heavy (non-hydrogen) atoms. The van der Waals surface area contributed by atoms with Crippen LogP contribution in [0.5, 0.6) is 0 Å². The van der Waals surface area contributed by atoms with Crippen LogP contribution in [0.3, 0.4) is 0 Å². The quantitative estimate of drug-likeness (QED) is 0.593. The van der Waals surface area contributed by atoms with E-state index in [9.17, 15) is 22.4 Å². The summed E-state index contributed by atoms with van der Waals surface area (Å²) in [7, 11) is 0. The molecule has 3 aromatic rings. The van der Waals surface area contributed by atoms with E-state index in [4.69, 9.17) is 0 Å². The highest BCUT2D eigenvalue weighted by Crippen LogP contribution is 2.30. The Morgan fingerprint density at radius 2 is 1.61 bits per heavy atom. The summed E-state index contributed by atoms with van der Waals surface area (Å²) in [5.74, 6) is -0.595. The summed E-state index contributed by atoms with van der Waals surface area (Å²) < 4.78 is 51.3. The second-order valence-electron chi connectivity index (χ2n) is 5.95. The molecular formula is C20H15F4N3O. The Kier molecular flexibility index (Phi) is 5.58. The van der Waals surface area contributed by atoms with Crippen molar-refractivity contribution in [3.63, 3.8) is 0 Å². The monoisotopic (exact) mass is 389 g/mol. The number of amides is 1. The standard InChI is InChI=1S/C20H15F4N3O/c21-17-4-2-1-3-13(17)11-19(28)27-18-10-9-16(12-25-18)26-15-7-5-14(6-8-15)20(22,23)24/h1-10,12,26H,11H2,(H,25,27,28). The maximum atomic E-state index is 13.6. The van der Waals surface area contributed by atoms with E-state index in [1.165, 1.54) is 36.5 Å². The average Bonchev–Trinajstić information content (AvgIpc) is 2.65. The predicted molar refractivity (Wildman–Crippen MR) is 97.7 cm³/mol. The minimum atomic E-state index is -4.39. The summed E-state index contributed by atoms with van der Waals surface area (Å²) in [5, 5.41) is 5.48. The number of nitrogens with one attached hydrogen (secondary N) is 2. The summed E-state index contributed by atoms with van der Waals surface area (Å²) in [4.78, 5) is 16.1. The summed E-state index contributed by atoms with van der Waals surface area (Å²) in [6.45, 7) is 0. The molecule has 0 saturated carbocycles. The fraction of sp³-hybridized carbons (Fsp3) is 0.100. The minimum Gasteiger partial charge on any atom is -0.354 e. The fourth-order valence-corrected chi connectivity index (χ4v) is 2.45. The lowest BCUT2D eigenvalue weighted by Gasteiger charge is -2.10. The second kappa shape index (κ2) is 8.08. The number of aromatic nitrogens is 1. The van der Waals surface area contributed by atoms with Crippen molar-refractivity contribution in [2.75, 3.05) is 10.6 Å². The third-order valence-corrected chi connectivity index (χ3v) is 3.84. The Morgan fingerprint density at radius 3 is 2.21 bits per heavy atom. The van der Waals surface area contributed by atoms with Gasteiger partial charge in [-0.25, -0.2) is 9.37 Å². The molecule has 0 fully saturated rings. The van der Waals surface area contributed by atoms with Crippen LogP contribution in [0.4, 0.5) is 34.8 Å². The Morgan fingerprint density at radius 1 is 0.929 bits per heavy atom. The van der Waals surface area contributed by atoms with Gasteiger partial charge in [0.1, 0.15) is 11.6 Å². The minimum absolute atomic E-state index is 0.125. The lowest BCUT2D eigenvalue weighted by molar-refractivity contribution is -0.137. The van der Waals surface area contributed by atoms with Crippen molar-refractivity contribution in [3.8, 4) is 0 Å². The van der Waals surface area contributed by atoms with Crippen molar-refractivity contribution < 1.29 is 22.4 Å². The molecule has 144 valence electrons. The largest absolute Gasteiger partial charge is 0.416 e. The summed E-state index contributed by atoms with van der Waals surface area (Å²) >= 11 is 0. The van der Waals surface area contributed by atoms with Gasteiger partial charge < -0.3 is 10.6 Å². The smallest absolute Gasteiger partial charge is 0.354 e. The molecule has 1 heterocycles. The summed E-state index contributed by atoms with van der Waals surface area (Å²) in [6.07, 6.45) is -3.08. The number of hydrogen-bond acceptors (Lipinski definition) is 3. The van der Waals surface area contributed by atoms with Gasteiger partial charge >= 0.3 is 6.18 Å². The normalized spacial score (nSPS) is 11.1. The molecule has 0 bridgehead atoms. The van der Waals surface area contributed by atoms with Gasteiger partial charge in [-0.2, -0.15) is 13.2 Å². The van der Waals surface area contributed by atoms with Gasteiger partial charge in [0.15, 0.2) is 0 Å². The van der Waals surface area contributed by atoms with Gasteiger partial charge in [-0.05, 0) is 48.0 Å². The fourth-order valence-electron chi connectivity index (χ4n) is 2.45. The van der Waals surface area contributed by atoms with Gasteiger partial charge in [0.2, 0.25) is 5.91 Å². The van der Waals surface area contributed by atoms with E-state index in [0.29, 0.717) is 11.4 Å². The molecule has 8 heteroatoms. The number of anilines is 3. The number of rotatable bonds is 5. The van der Waals surface area contributed by atoms with Gasteiger partial charge in [-0.3, -0.25) is 4.79 Å². The molecule has 0 unspecified atom stereocenters. The molecular weight excluding hydrogens is 374 g/mol. The Labute approximate surface area is 158 Å². The molecule has 0 aliphatic heterocycles. The first-order chi connectivity index (χ1) is 13.3. The maximum Gasteiger partial charge on any atom is 0.416 e. The molecule has 0 spiro atoms. The Hall–Kier alpha value is -3.42. The van der Waals surface area contributed by atoms with E-state index in [-0.39, 0.29) is 17.8 Å². The van der Waals surface area contributed by atoms with Crippen LogP contribution < -0.4 is 10.6 Å². The topological polar surface area (TPSA) is 54.0 Å². The van der Waals surface area contributed by atoms with Crippen LogP contribution in [0.1, 0.15) is 11.1 Å². The number of carbonyl (C=O) groups is 1. The molecule has 0 aliphatic carbocycles. The lowest BCUT2D eigenvalue weighted by Crippen LogP contribution is -2.16. The van der Waals surface area contributed by atoms with Gasteiger partial charge in [-0.1, -0.05) is 18.2 Å². The maximum absolute atomic E-state index is 13.6. The molecule has 2 N–H and O–H groups in total. The lowest BCUT2D eigenvalue weighted by atomic mass is 10.1. The number of hydrogen-bond donors (Lipinski definition) is 2. The molecule has 0 saturated heterocycles. The van der Waals surface area contributed by atoms with Crippen LogP contribution in [0.25, 0.3) is 0 Å². The molecule has 0 atom stereocenters. The number of alkyl halides is 3. The van der Waals surface area contributed by atoms with Crippen molar-refractivity contribution in [2.24, 2.45) is 0 Å². The number of halogens is 4. The van der Waals surface area contributed by atoms with Gasteiger partial charge in [0, 0.05) is 5.69 Å². The van der Waals surface area contributed by atoms with Crippen molar-refractivity contribution >= 4 is 23.1 Å². The third kappa shape index (κ3) is 5.06. The SMILES string of the molecule is O=C(Cc1ccccc1F)Nc1ccc(Nc2ccc(C(F)(F)F)cc2)cn1. The van der Waals surface area contributed by atoms with E-state index in [1.807, 2.05) is 0 Å². The van der Waals surface area contributed by atoms with Crippen LogP contribution in [-0.4, -0.2) is 10.9 Å². The van der Waals surface area contributed by atoms with Crippen molar-refractivity contribution in [3.05, 3.63) is 83.8 Å². The first-order valence-corrected chi connectivity index (χ1v) is 8.25. The highest BCUT2D eigenvalue weighted by molar-refractivity contribution is 5.91. The molecule has 0 radical (unpaired) electrons. The van der Waals surface area contributed by atoms with Crippen LogP contribution >= 0.6 is 0 Å². The molecule has 1 amide bonds. The number of benzene rings is 2. The Bertz CT molecular complexity index is 954. The van der Waals surface area contributed by atoms with Gasteiger partial charge in [0.25, 0.3) is 0 Å². The van der Waals surface area contributed by atoms with Crippen molar-refractivity contribution in [1.29, 1.82) is 0 Å². The van der Waals surface area contributed by atoms with Crippen LogP contribution in [0, 0.1) is 5.82 Å². The van der Waals surface area contributed by atoms with E-state index in [1.54, 1.807) is 18.2 Å². The van der Waals surface area contributed by atoms with Crippen LogP contribution in [0.15, 0.2) is 66.9 Å². The van der Waals surface area contributed by atoms with Crippen LogP contribution in [-0.2, 0) is 17.4 Å². The zero-order valence-corrected chi connectivity index (χ0v) is 14.4. The zero-order valence-electron chi connectivity index (χ0n) is 14.4. The molecule has 2 aromatic carbocycles. The number of carbonyl (C=O) groups excluding carboxylic acids is 1. The molecule has 4 nitrogen and oxygen atoms in total. The summed E-state index contributed by atoms with van der Waals surface area (Å²) in [6, 6.07) is 13.7. The third-order valence-electron chi connectivity index (χ3n) is 3.84. The first kappa shape index (κ1) is 19.3. The van der Waals surface area contributed by atoms with E-state index >= 15 is 0 Å². The van der Waals surface area contributed by atoms with E-state index in [0.717, 1.165) is 12.1 Å². The van der Waals surface area contributed by atoms with Crippen molar-refractivity contribution in [1.82, 2.24) is 4.98 Å². The van der Waals surface area contributed by atoms with Gasteiger partial charge in [0.05, 0.1) is 23.9 Å². The number of nitrogens with zero attached hydrogens (tertiary/aromatic N) is 1. The van der Waals surface area contributed by atoms with Crippen molar-refractivity contribution in [2.45, 2.75) is 12.6 Å².